The molecule has 0 bridgehead atoms. The van der Waals surface area contributed by atoms with Gasteiger partial charge >= 0.3 is 0 Å². The van der Waals surface area contributed by atoms with Crippen molar-refractivity contribution < 1.29 is 4.52 Å². The number of hydrogen-bond acceptors (Lipinski definition) is 1. The Morgan fingerprint density at radius 3 is 2.00 bits per heavy atom. The van der Waals surface area contributed by atoms with Crippen molar-refractivity contribution in [3.05, 3.63) is 0 Å². The van der Waals surface area contributed by atoms with Gasteiger partial charge in [-0.3, -0.25) is 0 Å². The molecule has 0 aliphatic carbocycles. The van der Waals surface area contributed by atoms with Gasteiger partial charge in [-0.2, -0.15) is 0 Å². The Balaban J connectivity index is 4.23. The van der Waals surface area contributed by atoms with E-state index in [9.17, 15) is 0 Å². The molecule has 16 heavy (non-hydrogen) atoms. The molecule has 0 aromatic heterocycles. The molecule has 0 aliphatic heterocycles. The second kappa shape index (κ2) is 7.67. The van der Waals surface area contributed by atoms with Crippen LogP contribution in [0.5, 0.6) is 0 Å². The lowest BCUT2D eigenvalue weighted by molar-refractivity contribution is 0.421. The lowest BCUT2D eigenvalue weighted by Gasteiger charge is -2.28. The van der Waals surface area contributed by atoms with Gasteiger partial charge in [0.15, 0.2) is 0 Å². The molecule has 98 valence electrons. The van der Waals surface area contributed by atoms with E-state index in [1.165, 1.54) is 25.4 Å². The second-order valence-electron chi connectivity index (χ2n) is 5.87. The summed E-state index contributed by atoms with van der Waals surface area (Å²) in [7, 11) is 0.748. The van der Waals surface area contributed by atoms with E-state index in [0.29, 0.717) is 0 Å². The molecule has 0 aromatic rings. The van der Waals surface area contributed by atoms with E-state index in [-0.39, 0.29) is 0 Å². The minimum Gasteiger partial charge on any atom is -0.241 e. The SMILES string of the molecule is CCC(C)CC[C@H](C)[P+](C)(CC(C)C)OC. The van der Waals surface area contributed by atoms with E-state index in [1.807, 2.05) is 7.11 Å². The Morgan fingerprint density at radius 2 is 1.62 bits per heavy atom. The third-order valence-corrected chi connectivity index (χ3v) is 8.26. The first-order valence-electron chi connectivity index (χ1n) is 6.76. The Bertz CT molecular complexity index is 182. The van der Waals surface area contributed by atoms with Crippen LogP contribution < -0.4 is 0 Å². The summed E-state index contributed by atoms with van der Waals surface area (Å²) < 4.78 is 5.89. The van der Waals surface area contributed by atoms with E-state index in [0.717, 1.165) is 17.5 Å². The molecule has 1 nitrogen and oxygen atoms in total. The van der Waals surface area contributed by atoms with Gasteiger partial charge in [-0.25, -0.2) is 4.52 Å². The van der Waals surface area contributed by atoms with Crippen LogP contribution in [0, 0.1) is 11.8 Å². The van der Waals surface area contributed by atoms with Gasteiger partial charge in [0.1, 0.15) is 7.49 Å². The molecule has 0 N–H and O–H groups in total. The molecule has 0 radical (unpaired) electrons. The maximum atomic E-state index is 5.89. The van der Waals surface area contributed by atoms with Crippen LogP contribution in [0.2, 0.25) is 0 Å². The molecule has 0 saturated heterocycles. The Hall–Kier alpha value is 0.390. The zero-order valence-electron chi connectivity index (χ0n) is 12.4. The van der Waals surface area contributed by atoms with Crippen LogP contribution in [-0.2, 0) is 4.52 Å². The average molecular weight is 247 g/mol. The summed E-state index contributed by atoms with van der Waals surface area (Å²) in [6.07, 6.45) is 5.26. The van der Waals surface area contributed by atoms with Crippen molar-refractivity contribution in [2.45, 2.75) is 59.5 Å². The first kappa shape index (κ1) is 16.4. The average Bonchev–Trinajstić information content (AvgIpc) is 2.23. The Morgan fingerprint density at radius 1 is 1.06 bits per heavy atom. The first-order chi connectivity index (χ1) is 7.35. The largest absolute Gasteiger partial charge is 0.241 e. The smallest absolute Gasteiger partial charge is 0.145 e. The van der Waals surface area contributed by atoms with Gasteiger partial charge in [-0.05, 0) is 31.6 Å². The number of hydrogen-bond donors (Lipinski definition) is 0. The zero-order chi connectivity index (χ0) is 12.8. The minimum atomic E-state index is -1.16. The van der Waals surface area contributed by atoms with Gasteiger partial charge < -0.3 is 0 Å². The highest BCUT2D eigenvalue weighted by Gasteiger charge is 2.39. The quantitative estimate of drug-likeness (QED) is 0.544. The molecule has 0 heterocycles. The molecule has 0 aromatic carbocycles. The zero-order valence-corrected chi connectivity index (χ0v) is 13.3. The van der Waals surface area contributed by atoms with Crippen LogP contribution in [0.15, 0.2) is 0 Å². The van der Waals surface area contributed by atoms with Gasteiger partial charge in [-0.1, -0.05) is 34.1 Å². The van der Waals surface area contributed by atoms with Crippen molar-refractivity contribution in [3.8, 4) is 0 Å². The van der Waals surface area contributed by atoms with Crippen LogP contribution in [0.4, 0.5) is 0 Å². The van der Waals surface area contributed by atoms with E-state index in [2.05, 4.69) is 41.3 Å². The van der Waals surface area contributed by atoms with Crippen molar-refractivity contribution in [1.29, 1.82) is 0 Å². The van der Waals surface area contributed by atoms with Crippen LogP contribution in [0.3, 0.4) is 0 Å². The normalized spacial score (nSPS) is 19.5. The highest BCUT2D eigenvalue weighted by atomic mass is 31.2. The summed E-state index contributed by atoms with van der Waals surface area (Å²) in [6, 6.07) is 0. The van der Waals surface area contributed by atoms with Gasteiger partial charge in [0.05, 0.1) is 25.6 Å². The fourth-order valence-corrected chi connectivity index (χ4v) is 5.18. The molecular weight excluding hydrogens is 215 g/mol. The molecular formula is C14H32OP+. The monoisotopic (exact) mass is 247 g/mol. The van der Waals surface area contributed by atoms with Gasteiger partial charge in [0, 0.05) is 0 Å². The van der Waals surface area contributed by atoms with E-state index < -0.39 is 7.49 Å². The predicted molar refractivity (Wildman–Crippen MR) is 77.7 cm³/mol. The van der Waals surface area contributed by atoms with Gasteiger partial charge in [-0.15, -0.1) is 0 Å². The summed E-state index contributed by atoms with van der Waals surface area (Å²) in [4.78, 5) is 0. The molecule has 0 spiro atoms. The highest BCUT2D eigenvalue weighted by Crippen LogP contribution is 2.62. The van der Waals surface area contributed by atoms with Gasteiger partial charge in [0.25, 0.3) is 0 Å². The van der Waals surface area contributed by atoms with Crippen LogP contribution in [0.25, 0.3) is 0 Å². The van der Waals surface area contributed by atoms with E-state index in [4.69, 9.17) is 4.52 Å². The van der Waals surface area contributed by atoms with E-state index >= 15 is 0 Å². The summed E-state index contributed by atoms with van der Waals surface area (Å²) in [5, 5.41) is 0. The first-order valence-corrected chi connectivity index (χ1v) is 9.17. The van der Waals surface area contributed by atoms with Gasteiger partial charge in [0.2, 0.25) is 0 Å². The predicted octanol–water partition coefficient (Wildman–Crippen LogP) is 5.07. The van der Waals surface area contributed by atoms with Crippen molar-refractivity contribution in [2.75, 3.05) is 19.9 Å². The highest BCUT2D eigenvalue weighted by molar-refractivity contribution is 7.71. The van der Waals surface area contributed by atoms with Crippen molar-refractivity contribution in [2.24, 2.45) is 11.8 Å². The molecule has 3 atom stereocenters. The molecule has 0 fully saturated rings. The standard InChI is InChI=1S/C14H32OP/c1-8-13(4)9-10-14(5)16(7,15-6)11-12(2)3/h12-14H,8-11H2,1-7H3/q+1/t13?,14-,16?/m0/s1. The third kappa shape index (κ3) is 5.64. The summed E-state index contributed by atoms with van der Waals surface area (Å²) in [6.45, 7) is 14.0. The molecule has 0 aliphatic rings. The third-order valence-electron chi connectivity index (χ3n) is 3.85. The molecule has 2 heteroatoms. The minimum absolute atomic E-state index is 0.754. The second-order valence-corrected chi connectivity index (χ2v) is 9.83. The summed E-state index contributed by atoms with van der Waals surface area (Å²) in [5.41, 5.74) is 0.758. The van der Waals surface area contributed by atoms with Crippen molar-refractivity contribution in [1.82, 2.24) is 0 Å². The topological polar surface area (TPSA) is 9.23 Å². The van der Waals surface area contributed by atoms with E-state index in [1.54, 1.807) is 0 Å². The maximum absolute atomic E-state index is 5.89. The lowest BCUT2D eigenvalue weighted by atomic mass is 10.0. The van der Waals surface area contributed by atoms with Crippen LogP contribution in [0.1, 0.15) is 53.9 Å². The Kier molecular flexibility index (Phi) is 7.85. The van der Waals surface area contributed by atoms with Crippen LogP contribution >= 0.6 is 7.49 Å². The van der Waals surface area contributed by atoms with Crippen molar-refractivity contribution >= 4 is 7.49 Å². The lowest BCUT2D eigenvalue weighted by Crippen LogP contribution is -2.17. The molecule has 0 saturated carbocycles. The molecule has 0 rings (SSSR count). The maximum Gasteiger partial charge on any atom is 0.145 e. The summed E-state index contributed by atoms with van der Waals surface area (Å²) >= 11 is 0. The van der Waals surface area contributed by atoms with Crippen molar-refractivity contribution in [3.63, 3.8) is 0 Å². The summed E-state index contributed by atoms with van der Waals surface area (Å²) in [5.74, 6) is 1.62. The fraction of sp³-hybridized carbons (Fsp3) is 1.00. The molecule has 2 unspecified atom stereocenters. The molecule has 0 amide bonds. The Labute approximate surface area is 104 Å². The fourth-order valence-electron chi connectivity index (χ4n) is 2.16. The number of rotatable bonds is 8. The van der Waals surface area contributed by atoms with Crippen LogP contribution in [-0.4, -0.2) is 25.6 Å².